The molecule has 3 fully saturated rings. The molecule has 3 saturated heterocycles. The topological polar surface area (TPSA) is 105 Å². The van der Waals surface area contributed by atoms with Crippen molar-refractivity contribution in [2.45, 2.75) is 83.2 Å². The Balaban J connectivity index is 2.04. The van der Waals surface area contributed by atoms with Crippen molar-refractivity contribution in [1.82, 2.24) is 10.2 Å². The van der Waals surface area contributed by atoms with Crippen molar-refractivity contribution in [2.24, 2.45) is 11.8 Å². The van der Waals surface area contributed by atoms with Gasteiger partial charge in [0.05, 0.1) is 37.2 Å². The number of amides is 2. The summed E-state index contributed by atoms with van der Waals surface area (Å²) in [4.78, 5) is 40.9. The van der Waals surface area contributed by atoms with Gasteiger partial charge < -0.3 is 24.8 Å². The average molecular weight is 396 g/mol. The second-order valence-electron chi connectivity index (χ2n) is 9.04. The van der Waals surface area contributed by atoms with Crippen LogP contribution in [0.2, 0.25) is 0 Å². The lowest BCUT2D eigenvalue weighted by molar-refractivity contribution is -0.155. The molecule has 2 N–H and O–H groups in total. The van der Waals surface area contributed by atoms with Gasteiger partial charge in [0, 0.05) is 5.54 Å². The molecule has 2 bridgehead atoms. The number of nitrogens with zero attached hydrogens (tertiary/aromatic N) is 1. The fourth-order valence-electron chi connectivity index (χ4n) is 5.14. The average Bonchev–Trinajstić information content (AvgIpc) is 3.23. The normalized spacial score (nSPS) is 35.1. The van der Waals surface area contributed by atoms with Crippen LogP contribution in [-0.4, -0.2) is 70.3 Å². The number of ether oxygens (including phenoxy) is 2. The molecule has 158 valence electrons. The zero-order valence-corrected chi connectivity index (χ0v) is 17.4. The Kier molecular flexibility index (Phi) is 5.49. The van der Waals surface area contributed by atoms with E-state index in [-0.39, 0.29) is 25.0 Å². The maximum atomic E-state index is 13.5. The zero-order valence-electron chi connectivity index (χ0n) is 17.4. The van der Waals surface area contributed by atoms with Gasteiger partial charge in [0.15, 0.2) is 0 Å². The van der Waals surface area contributed by atoms with E-state index >= 15 is 0 Å². The van der Waals surface area contributed by atoms with Crippen LogP contribution in [0.25, 0.3) is 0 Å². The number of hydrogen-bond acceptors (Lipinski definition) is 6. The lowest BCUT2D eigenvalue weighted by atomic mass is 9.70. The van der Waals surface area contributed by atoms with Gasteiger partial charge in [0.25, 0.3) is 0 Å². The lowest BCUT2D eigenvalue weighted by Crippen LogP contribution is -2.60. The van der Waals surface area contributed by atoms with Gasteiger partial charge >= 0.3 is 5.97 Å². The van der Waals surface area contributed by atoms with Gasteiger partial charge in [-0.25, -0.2) is 0 Å². The summed E-state index contributed by atoms with van der Waals surface area (Å²) in [5.41, 5.74) is -1.53. The van der Waals surface area contributed by atoms with E-state index in [4.69, 9.17) is 9.47 Å². The first-order chi connectivity index (χ1) is 13.1. The van der Waals surface area contributed by atoms with E-state index in [0.717, 1.165) is 0 Å². The van der Waals surface area contributed by atoms with E-state index < -0.39 is 47.1 Å². The van der Waals surface area contributed by atoms with Gasteiger partial charge in [0.1, 0.15) is 11.6 Å². The molecule has 6 atom stereocenters. The zero-order chi connectivity index (χ0) is 20.9. The molecule has 3 aliphatic heterocycles. The Hall–Kier alpha value is -1.67. The smallest absolute Gasteiger partial charge is 0.312 e. The Morgan fingerprint density at radius 1 is 1.39 bits per heavy atom. The van der Waals surface area contributed by atoms with Crippen LogP contribution in [-0.2, 0) is 23.9 Å². The largest absolute Gasteiger partial charge is 0.466 e. The van der Waals surface area contributed by atoms with Crippen molar-refractivity contribution < 1.29 is 29.0 Å². The van der Waals surface area contributed by atoms with Crippen molar-refractivity contribution in [3.8, 4) is 0 Å². The van der Waals surface area contributed by atoms with Gasteiger partial charge in [-0.2, -0.15) is 0 Å². The van der Waals surface area contributed by atoms with Gasteiger partial charge in [0.2, 0.25) is 11.8 Å². The van der Waals surface area contributed by atoms with Crippen LogP contribution in [0.3, 0.4) is 0 Å². The Morgan fingerprint density at radius 2 is 2.07 bits per heavy atom. The molecular formula is C20H32N2O6. The molecule has 3 rings (SSSR count). The number of esters is 1. The fraction of sp³-hybridized carbons (Fsp3) is 0.850. The summed E-state index contributed by atoms with van der Waals surface area (Å²) in [6, 6.07) is -1.38. The molecule has 2 amide bonds. The second kappa shape index (κ2) is 7.30. The van der Waals surface area contributed by atoms with Crippen LogP contribution >= 0.6 is 0 Å². The van der Waals surface area contributed by atoms with Crippen molar-refractivity contribution in [3.63, 3.8) is 0 Å². The highest BCUT2D eigenvalue weighted by atomic mass is 16.6. The molecular weight excluding hydrogens is 364 g/mol. The van der Waals surface area contributed by atoms with Crippen LogP contribution in [0.15, 0.2) is 0 Å². The molecule has 0 aliphatic carbocycles. The van der Waals surface area contributed by atoms with Gasteiger partial charge in [-0.3, -0.25) is 14.4 Å². The van der Waals surface area contributed by atoms with E-state index in [1.807, 2.05) is 27.7 Å². The number of carbonyl (C=O) groups is 3. The molecule has 0 aromatic rings. The first-order valence-corrected chi connectivity index (χ1v) is 10.2. The minimum atomic E-state index is -1.04. The third-order valence-electron chi connectivity index (χ3n) is 6.12. The molecule has 0 aromatic heterocycles. The quantitative estimate of drug-likeness (QED) is 0.638. The van der Waals surface area contributed by atoms with E-state index in [9.17, 15) is 19.5 Å². The molecule has 28 heavy (non-hydrogen) atoms. The number of likely N-dealkylation sites (tertiary alicyclic amines) is 1. The minimum absolute atomic E-state index is 0.224. The SMILES string of the molecule is CCOC(=O)[C@@H]1[C@H]2C(=O)N([C@@H](CC)CO)[C@H](C(=O)NC(C)(C)C)[C@]23CC[C@H]1O3. The van der Waals surface area contributed by atoms with Crippen molar-refractivity contribution >= 4 is 17.8 Å². The van der Waals surface area contributed by atoms with Crippen molar-refractivity contribution in [2.75, 3.05) is 13.2 Å². The van der Waals surface area contributed by atoms with Crippen LogP contribution < -0.4 is 5.32 Å². The molecule has 3 aliphatic rings. The fourth-order valence-corrected chi connectivity index (χ4v) is 5.14. The Morgan fingerprint density at radius 3 is 2.61 bits per heavy atom. The second-order valence-corrected chi connectivity index (χ2v) is 9.04. The molecule has 0 saturated carbocycles. The van der Waals surface area contributed by atoms with E-state index in [2.05, 4.69) is 5.32 Å². The van der Waals surface area contributed by atoms with Crippen LogP contribution in [0.1, 0.15) is 53.9 Å². The number of aliphatic hydroxyl groups excluding tert-OH is 1. The summed E-state index contributed by atoms with van der Waals surface area (Å²) in [5.74, 6) is -2.49. The number of carbonyl (C=O) groups excluding carboxylic acids is 3. The number of nitrogens with one attached hydrogen (secondary N) is 1. The Labute approximate surface area is 165 Å². The number of aliphatic hydroxyl groups is 1. The van der Waals surface area contributed by atoms with Crippen LogP contribution in [0.4, 0.5) is 0 Å². The molecule has 8 nitrogen and oxygen atoms in total. The highest BCUT2D eigenvalue weighted by Crippen LogP contribution is 2.59. The minimum Gasteiger partial charge on any atom is -0.466 e. The highest BCUT2D eigenvalue weighted by Gasteiger charge is 2.75. The highest BCUT2D eigenvalue weighted by molar-refractivity contribution is 5.98. The van der Waals surface area contributed by atoms with Crippen molar-refractivity contribution in [1.29, 1.82) is 0 Å². The summed E-state index contributed by atoms with van der Waals surface area (Å²) in [6.45, 7) is 9.18. The summed E-state index contributed by atoms with van der Waals surface area (Å²) in [7, 11) is 0. The lowest BCUT2D eigenvalue weighted by Gasteiger charge is -2.38. The first-order valence-electron chi connectivity index (χ1n) is 10.2. The van der Waals surface area contributed by atoms with Gasteiger partial charge in [-0.05, 0) is 47.0 Å². The maximum absolute atomic E-state index is 13.5. The third kappa shape index (κ3) is 3.10. The standard InChI is InChI=1S/C20H32N2O6/c1-6-11(10-23)22-15(16(24)21-19(3,4)5)20-9-8-12(28-20)13(14(20)17(22)25)18(26)27-7-2/h11-15,23H,6-10H2,1-5H3,(H,21,24)/t11-,12+,13-,14-,15+,20-/m0/s1. The summed E-state index contributed by atoms with van der Waals surface area (Å²) < 4.78 is 11.5. The van der Waals surface area contributed by atoms with Crippen LogP contribution in [0, 0.1) is 11.8 Å². The maximum Gasteiger partial charge on any atom is 0.312 e. The molecule has 1 spiro atoms. The third-order valence-corrected chi connectivity index (χ3v) is 6.12. The number of hydrogen-bond donors (Lipinski definition) is 2. The molecule has 0 aromatic carbocycles. The molecule has 8 heteroatoms. The number of rotatable bonds is 6. The predicted molar refractivity (Wildman–Crippen MR) is 100 cm³/mol. The van der Waals surface area contributed by atoms with Gasteiger partial charge in [-0.1, -0.05) is 6.92 Å². The summed E-state index contributed by atoms with van der Waals surface area (Å²) in [6.07, 6.45) is 1.23. The number of fused-ring (bicyclic) bond motifs is 1. The predicted octanol–water partition coefficient (Wildman–Crippen LogP) is 0.610. The summed E-state index contributed by atoms with van der Waals surface area (Å²) >= 11 is 0. The van der Waals surface area contributed by atoms with E-state index in [0.29, 0.717) is 19.3 Å². The van der Waals surface area contributed by atoms with E-state index in [1.54, 1.807) is 6.92 Å². The Bertz CT molecular complexity index is 656. The van der Waals surface area contributed by atoms with Gasteiger partial charge in [-0.15, -0.1) is 0 Å². The molecule has 0 radical (unpaired) electrons. The van der Waals surface area contributed by atoms with E-state index in [1.165, 1.54) is 4.90 Å². The first kappa shape index (κ1) is 21.0. The van der Waals surface area contributed by atoms with Crippen LogP contribution in [0.5, 0.6) is 0 Å². The molecule has 3 heterocycles. The molecule has 0 unspecified atom stereocenters. The monoisotopic (exact) mass is 396 g/mol. The summed E-state index contributed by atoms with van der Waals surface area (Å²) in [5, 5.41) is 12.8. The van der Waals surface area contributed by atoms with Crippen molar-refractivity contribution in [3.05, 3.63) is 0 Å².